The van der Waals surface area contributed by atoms with E-state index in [-0.39, 0.29) is 5.03 Å². The number of nitrogens with one attached hydrogen (secondary N) is 2. The van der Waals surface area contributed by atoms with Gasteiger partial charge < -0.3 is 5.73 Å². The van der Waals surface area contributed by atoms with Crippen molar-refractivity contribution in [1.82, 2.24) is 15.2 Å². The molecule has 2 heterocycles. The van der Waals surface area contributed by atoms with Crippen LogP contribution in [0.15, 0.2) is 35.7 Å². The molecule has 0 atom stereocenters. The number of hydrogen-bond donors (Lipinski definition) is 3. The third-order valence-corrected chi connectivity index (χ3v) is 3.36. The van der Waals surface area contributed by atoms with Gasteiger partial charge in [0, 0.05) is 18.9 Å². The van der Waals surface area contributed by atoms with Crippen LogP contribution in [0.1, 0.15) is 5.56 Å². The molecule has 0 unspecified atom stereocenters. The molecule has 0 saturated heterocycles. The lowest BCUT2D eigenvalue weighted by molar-refractivity contribution is 0.597. The quantitative estimate of drug-likeness (QED) is 0.713. The fourth-order valence-corrected chi connectivity index (χ4v) is 2.17. The number of rotatable bonds is 4. The SMILES string of the molecule is NCc1ccc(S(=O)(=O)Nc2cn[nH]c2)nc1. The number of nitrogens with two attached hydrogens (primary N) is 1. The monoisotopic (exact) mass is 253 g/mol. The zero-order valence-electron chi connectivity index (χ0n) is 8.79. The molecule has 17 heavy (non-hydrogen) atoms. The molecule has 0 aliphatic carbocycles. The molecule has 0 fully saturated rings. The van der Waals surface area contributed by atoms with Gasteiger partial charge in [-0.1, -0.05) is 6.07 Å². The minimum atomic E-state index is -3.67. The maximum Gasteiger partial charge on any atom is 0.279 e. The molecule has 0 bridgehead atoms. The van der Waals surface area contributed by atoms with Gasteiger partial charge in [-0.15, -0.1) is 0 Å². The van der Waals surface area contributed by atoms with Crippen molar-refractivity contribution in [3.63, 3.8) is 0 Å². The number of aromatic amines is 1. The Bertz CT molecular complexity index is 576. The fraction of sp³-hybridized carbons (Fsp3) is 0.111. The zero-order chi connectivity index (χ0) is 12.3. The first kappa shape index (κ1) is 11.6. The lowest BCUT2D eigenvalue weighted by atomic mass is 10.3. The number of H-pyrrole nitrogens is 1. The maximum absolute atomic E-state index is 11.9. The van der Waals surface area contributed by atoms with Crippen LogP contribution in [0.3, 0.4) is 0 Å². The zero-order valence-corrected chi connectivity index (χ0v) is 9.61. The summed E-state index contributed by atoms with van der Waals surface area (Å²) in [5.41, 5.74) is 6.53. The van der Waals surface area contributed by atoms with Crippen molar-refractivity contribution in [2.75, 3.05) is 4.72 Å². The number of pyridine rings is 1. The van der Waals surface area contributed by atoms with Crippen molar-refractivity contribution in [2.24, 2.45) is 5.73 Å². The predicted molar refractivity (Wildman–Crippen MR) is 61.5 cm³/mol. The average molecular weight is 253 g/mol. The van der Waals surface area contributed by atoms with E-state index in [0.29, 0.717) is 12.2 Å². The van der Waals surface area contributed by atoms with Crippen molar-refractivity contribution in [3.8, 4) is 0 Å². The molecule has 0 saturated carbocycles. The molecular weight excluding hydrogens is 242 g/mol. The Morgan fingerprint density at radius 2 is 2.18 bits per heavy atom. The van der Waals surface area contributed by atoms with Crippen molar-refractivity contribution < 1.29 is 8.42 Å². The molecule has 4 N–H and O–H groups in total. The van der Waals surface area contributed by atoms with Gasteiger partial charge in [0.25, 0.3) is 10.0 Å². The smallest absolute Gasteiger partial charge is 0.279 e. The third kappa shape index (κ3) is 2.60. The first-order chi connectivity index (χ1) is 8.12. The van der Waals surface area contributed by atoms with E-state index in [1.165, 1.54) is 24.7 Å². The summed E-state index contributed by atoms with van der Waals surface area (Å²) in [7, 11) is -3.67. The van der Waals surface area contributed by atoms with Gasteiger partial charge in [0.15, 0.2) is 5.03 Å². The summed E-state index contributed by atoms with van der Waals surface area (Å²) in [6.45, 7) is 0.322. The number of nitrogens with zero attached hydrogens (tertiary/aromatic N) is 2. The molecule has 0 spiro atoms. The highest BCUT2D eigenvalue weighted by atomic mass is 32.2. The van der Waals surface area contributed by atoms with Gasteiger partial charge in [-0.3, -0.25) is 9.82 Å². The second-order valence-electron chi connectivity index (χ2n) is 3.30. The molecule has 90 valence electrons. The Hall–Kier alpha value is -1.93. The summed E-state index contributed by atoms with van der Waals surface area (Å²) >= 11 is 0. The lowest BCUT2D eigenvalue weighted by Crippen LogP contribution is -2.14. The Labute approximate surface area is 98.1 Å². The summed E-state index contributed by atoms with van der Waals surface area (Å²) in [4.78, 5) is 3.84. The summed E-state index contributed by atoms with van der Waals surface area (Å²) < 4.78 is 26.0. The standard InChI is InChI=1S/C9H11N5O2S/c10-3-7-1-2-9(11-4-7)17(15,16)14-8-5-12-13-6-8/h1-2,4-6,14H,3,10H2,(H,12,13). The normalized spacial score (nSPS) is 11.4. The molecule has 0 aliphatic heterocycles. The average Bonchev–Trinajstić information content (AvgIpc) is 2.81. The van der Waals surface area contributed by atoms with E-state index < -0.39 is 10.0 Å². The second kappa shape index (κ2) is 4.52. The molecule has 2 aromatic rings. The van der Waals surface area contributed by atoms with Crippen LogP contribution in [0, 0.1) is 0 Å². The van der Waals surface area contributed by atoms with Crippen molar-refractivity contribution in [3.05, 3.63) is 36.3 Å². The van der Waals surface area contributed by atoms with Gasteiger partial charge in [0.2, 0.25) is 0 Å². The summed E-state index contributed by atoms with van der Waals surface area (Å²) in [6.07, 6.45) is 4.24. The molecule has 0 radical (unpaired) electrons. The fourth-order valence-electron chi connectivity index (χ4n) is 1.20. The van der Waals surface area contributed by atoms with E-state index in [1.807, 2.05) is 0 Å². The van der Waals surface area contributed by atoms with Crippen molar-refractivity contribution in [1.29, 1.82) is 0 Å². The number of hydrogen-bond acceptors (Lipinski definition) is 5. The van der Waals surface area contributed by atoms with Crippen LogP contribution in [0.25, 0.3) is 0 Å². The predicted octanol–water partition coefficient (Wildman–Crippen LogP) is 0.0642. The molecule has 0 amide bonds. The molecular formula is C9H11N5O2S. The van der Waals surface area contributed by atoms with Crippen molar-refractivity contribution in [2.45, 2.75) is 11.6 Å². The van der Waals surface area contributed by atoms with Gasteiger partial charge >= 0.3 is 0 Å². The van der Waals surface area contributed by atoms with Crippen molar-refractivity contribution >= 4 is 15.7 Å². The first-order valence-corrected chi connectivity index (χ1v) is 6.27. The highest BCUT2D eigenvalue weighted by Gasteiger charge is 2.15. The van der Waals surface area contributed by atoms with Crippen LogP contribution in [-0.4, -0.2) is 23.6 Å². The largest absolute Gasteiger partial charge is 0.326 e. The van der Waals surface area contributed by atoms with Crippen LogP contribution in [0.4, 0.5) is 5.69 Å². The Morgan fingerprint density at radius 1 is 1.35 bits per heavy atom. The van der Waals surface area contributed by atoms with E-state index in [9.17, 15) is 8.42 Å². The van der Waals surface area contributed by atoms with E-state index >= 15 is 0 Å². The highest BCUT2D eigenvalue weighted by molar-refractivity contribution is 7.92. The van der Waals surface area contributed by atoms with Gasteiger partial charge in [-0.25, -0.2) is 4.98 Å². The Morgan fingerprint density at radius 3 is 2.71 bits per heavy atom. The number of anilines is 1. The molecule has 7 nitrogen and oxygen atoms in total. The van der Waals surface area contributed by atoms with E-state index in [4.69, 9.17) is 5.73 Å². The molecule has 8 heteroatoms. The first-order valence-electron chi connectivity index (χ1n) is 4.78. The van der Waals surface area contributed by atoms with Gasteiger partial charge in [-0.2, -0.15) is 13.5 Å². The third-order valence-electron chi connectivity index (χ3n) is 2.06. The number of aromatic nitrogens is 3. The van der Waals surface area contributed by atoms with Gasteiger partial charge in [-0.05, 0) is 11.6 Å². The van der Waals surface area contributed by atoms with Gasteiger partial charge in [0.05, 0.1) is 11.9 Å². The van der Waals surface area contributed by atoms with E-state index in [1.54, 1.807) is 6.07 Å². The van der Waals surface area contributed by atoms with Crippen LogP contribution >= 0.6 is 0 Å². The minimum absolute atomic E-state index is 0.0594. The lowest BCUT2D eigenvalue weighted by Gasteiger charge is -2.05. The van der Waals surface area contributed by atoms with Gasteiger partial charge in [0.1, 0.15) is 0 Å². The summed E-state index contributed by atoms with van der Waals surface area (Å²) in [5.74, 6) is 0. The van der Waals surface area contributed by atoms with E-state index in [0.717, 1.165) is 5.56 Å². The molecule has 0 aliphatic rings. The maximum atomic E-state index is 11.9. The Kier molecular flexibility index (Phi) is 3.07. The second-order valence-corrected chi connectivity index (χ2v) is 4.93. The summed E-state index contributed by atoms with van der Waals surface area (Å²) in [6, 6.07) is 3.03. The summed E-state index contributed by atoms with van der Waals surface area (Å²) in [5, 5.41) is 6.09. The molecule has 2 rings (SSSR count). The highest BCUT2D eigenvalue weighted by Crippen LogP contribution is 2.12. The van der Waals surface area contributed by atoms with Crippen LogP contribution in [-0.2, 0) is 16.6 Å². The van der Waals surface area contributed by atoms with Crippen LogP contribution in [0.5, 0.6) is 0 Å². The van der Waals surface area contributed by atoms with Crippen LogP contribution in [0.2, 0.25) is 0 Å². The molecule has 0 aromatic carbocycles. The Balaban J connectivity index is 2.25. The topological polar surface area (TPSA) is 114 Å². The van der Waals surface area contributed by atoms with Crippen LogP contribution < -0.4 is 10.5 Å². The minimum Gasteiger partial charge on any atom is -0.326 e. The molecule has 2 aromatic heterocycles. The van der Waals surface area contributed by atoms with E-state index in [2.05, 4.69) is 19.9 Å². The number of sulfonamides is 1.